The maximum atomic E-state index is 12.1. The number of ether oxygens (including phenoxy) is 2. The zero-order valence-electron chi connectivity index (χ0n) is 26.2. The van der Waals surface area contributed by atoms with Crippen molar-refractivity contribution < 1.29 is 74.6 Å². The van der Waals surface area contributed by atoms with Crippen molar-refractivity contribution in [3.8, 4) is 0 Å². The van der Waals surface area contributed by atoms with Gasteiger partial charge in [0, 0.05) is 39.3 Å². The molecule has 23 heteroatoms. The molecule has 0 aromatic rings. The molecule has 0 aromatic heterocycles. The molecular formula is C25H43N5O16S2. The Kier molecular flexibility index (Phi) is 21.5. The van der Waals surface area contributed by atoms with Crippen LogP contribution < -0.4 is 26.0 Å². The first-order valence-electron chi connectivity index (χ1n) is 14.5. The van der Waals surface area contributed by atoms with Crippen LogP contribution in [0, 0.1) is 0 Å². The third-order valence-electron chi connectivity index (χ3n) is 5.93. The molecule has 0 radical (unpaired) electrons. The lowest BCUT2D eigenvalue weighted by molar-refractivity contribution is -0.144. The van der Waals surface area contributed by atoms with Crippen LogP contribution in [0.3, 0.4) is 0 Å². The van der Waals surface area contributed by atoms with Gasteiger partial charge in [0.15, 0.2) is 0 Å². The van der Waals surface area contributed by atoms with Crippen molar-refractivity contribution in [2.24, 2.45) is 0 Å². The van der Waals surface area contributed by atoms with Gasteiger partial charge in [0.05, 0.1) is 31.3 Å². The molecular weight excluding hydrogens is 690 g/mol. The molecule has 0 saturated heterocycles. The van der Waals surface area contributed by atoms with Gasteiger partial charge in [-0.1, -0.05) is 0 Å². The Hall–Kier alpha value is -3.93. The number of carbonyl (C=O) groups excluding carboxylic acids is 5. The molecule has 0 rings (SSSR count). The molecule has 0 aliphatic heterocycles. The van der Waals surface area contributed by atoms with E-state index in [1.54, 1.807) is 4.72 Å². The smallest absolute Gasteiger partial charge is 0.326 e. The quantitative estimate of drug-likeness (QED) is 0.0300. The van der Waals surface area contributed by atoms with E-state index in [0.717, 1.165) is 0 Å². The molecule has 48 heavy (non-hydrogen) atoms. The largest absolute Gasteiger partial charge is 0.480 e. The number of aliphatic carboxylic acids is 2. The highest BCUT2D eigenvalue weighted by Crippen LogP contribution is 2.03. The summed E-state index contributed by atoms with van der Waals surface area (Å²) in [6.45, 7) is -0.515. The van der Waals surface area contributed by atoms with Crippen molar-refractivity contribution in [2.45, 2.75) is 63.5 Å². The molecule has 0 bridgehead atoms. The first-order chi connectivity index (χ1) is 22.3. The van der Waals surface area contributed by atoms with E-state index in [-0.39, 0.29) is 64.9 Å². The molecule has 0 aliphatic carbocycles. The summed E-state index contributed by atoms with van der Waals surface area (Å²) in [4.78, 5) is 81.7. The van der Waals surface area contributed by atoms with E-state index in [1.165, 1.54) is 7.05 Å². The highest BCUT2D eigenvalue weighted by Gasteiger charge is 2.24. The van der Waals surface area contributed by atoms with Crippen LogP contribution in [0.25, 0.3) is 0 Å². The van der Waals surface area contributed by atoms with E-state index in [1.807, 2.05) is 0 Å². The second-order valence-electron chi connectivity index (χ2n) is 10.0. The maximum Gasteiger partial charge on any atom is 0.326 e. The van der Waals surface area contributed by atoms with Gasteiger partial charge in [-0.3, -0.25) is 33.2 Å². The Labute approximate surface area is 277 Å². The summed E-state index contributed by atoms with van der Waals surface area (Å²) < 4.78 is 65.7. The Morgan fingerprint density at radius 1 is 0.646 bits per heavy atom. The minimum atomic E-state index is -4.27. The van der Waals surface area contributed by atoms with E-state index in [2.05, 4.69) is 21.3 Å². The van der Waals surface area contributed by atoms with Crippen molar-refractivity contribution in [3.63, 3.8) is 0 Å². The lowest BCUT2D eigenvalue weighted by atomic mass is 10.1. The summed E-state index contributed by atoms with van der Waals surface area (Å²) in [5.74, 6) is -7.48. The molecule has 8 N–H and O–H groups in total. The van der Waals surface area contributed by atoms with Crippen molar-refractivity contribution in [1.29, 1.82) is 0 Å². The summed E-state index contributed by atoms with van der Waals surface area (Å²) in [6, 6.07) is -2.83. The second kappa shape index (κ2) is 23.4. The maximum absolute atomic E-state index is 12.1. The average Bonchev–Trinajstić information content (AvgIpc) is 2.96. The van der Waals surface area contributed by atoms with Gasteiger partial charge in [-0.2, -0.15) is 8.42 Å². The normalized spacial score (nSPS) is 12.6. The number of amides is 5. The molecule has 0 spiro atoms. The number of carboxylic acids is 2. The van der Waals surface area contributed by atoms with Gasteiger partial charge in [-0.15, -0.1) is 0 Å². The number of carboxylic acid groups (broad SMARTS) is 2. The monoisotopic (exact) mass is 733 g/mol. The topological polar surface area (TPSA) is 327 Å². The van der Waals surface area contributed by atoms with Gasteiger partial charge in [0.25, 0.3) is 10.1 Å². The summed E-state index contributed by atoms with van der Waals surface area (Å²) in [6.07, 6.45) is -2.10. The lowest BCUT2D eigenvalue weighted by Crippen LogP contribution is -2.45. The molecule has 5 amide bonds. The average molecular weight is 734 g/mol. The van der Waals surface area contributed by atoms with Gasteiger partial charge < -0.3 is 41.0 Å². The zero-order valence-corrected chi connectivity index (χ0v) is 27.9. The van der Waals surface area contributed by atoms with Crippen LogP contribution >= 0.6 is 0 Å². The van der Waals surface area contributed by atoms with Gasteiger partial charge in [-0.25, -0.2) is 18.0 Å². The molecule has 0 unspecified atom stereocenters. The summed E-state index contributed by atoms with van der Waals surface area (Å²) >= 11 is 0. The molecule has 0 aliphatic rings. The fraction of sp³-hybridized carbons (Fsp3) is 0.720. The van der Waals surface area contributed by atoms with Crippen LogP contribution in [-0.2, 0) is 63.2 Å². The van der Waals surface area contributed by atoms with Gasteiger partial charge >= 0.3 is 11.9 Å². The fourth-order valence-electron chi connectivity index (χ4n) is 3.54. The van der Waals surface area contributed by atoms with Crippen molar-refractivity contribution in [1.82, 2.24) is 26.0 Å². The van der Waals surface area contributed by atoms with Crippen molar-refractivity contribution in [3.05, 3.63) is 0 Å². The number of carbonyl (C=O) groups is 7. The van der Waals surface area contributed by atoms with E-state index < -0.39 is 105 Å². The van der Waals surface area contributed by atoms with Crippen LogP contribution in [0.15, 0.2) is 0 Å². The second-order valence-corrected chi connectivity index (χ2v) is 13.4. The van der Waals surface area contributed by atoms with Crippen LogP contribution in [0.1, 0.15) is 51.4 Å². The van der Waals surface area contributed by atoms with E-state index in [0.29, 0.717) is 0 Å². The highest BCUT2D eigenvalue weighted by molar-refractivity contribution is 7.90. The molecule has 21 nitrogen and oxygen atoms in total. The number of hydrogen-bond donors (Lipinski definition) is 8. The molecule has 0 aromatic carbocycles. The zero-order chi connectivity index (χ0) is 36.8. The molecule has 276 valence electrons. The van der Waals surface area contributed by atoms with E-state index >= 15 is 0 Å². The Bertz CT molecular complexity index is 1320. The summed E-state index contributed by atoms with van der Waals surface area (Å²) in [5.41, 5.74) is 0. The van der Waals surface area contributed by atoms with Gasteiger partial charge in [-0.05, 0) is 25.7 Å². The molecule has 0 saturated carbocycles. The third-order valence-corrected chi connectivity index (χ3v) is 8.10. The van der Waals surface area contributed by atoms with Gasteiger partial charge in [0.1, 0.15) is 18.7 Å². The Balaban J connectivity index is 4.14. The SMILES string of the molecule is CNC(=O)CC[C@@H](NC(=O)CC[C@H](NC(=O)COCCOCCNC(=O)CCCS(=O)(=O)NC(=O)CCCS(=O)(=O)O)C(=O)O)C(=O)O. The van der Waals surface area contributed by atoms with Crippen LogP contribution in [0.5, 0.6) is 0 Å². The lowest BCUT2D eigenvalue weighted by Gasteiger charge is -2.17. The molecule has 0 heterocycles. The molecule has 2 atom stereocenters. The Morgan fingerprint density at radius 3 is 1.73 bits per heavy atom. The predicted octanol–water partition coefficient (Wildman–Crippen LogP) is -3.52. The van der Waals surface area contributed by atoms with Crippen LogP contribution in [-0.4, -0.2) is 137 Å². The minimum Gasteiger partial charge on any atom is -0.480 e. The Morgan fingerprint density at radius 2 is 1.17 bits per heavy atom. The van der Waals surface area contributed by atoms with E-state index in [4.69, 9.17) is 14.0 Å². The van der Waals surface area contributed by atoms with Crippen LogP contribution in [0.2, 0.25) is 0 Å². The fourth-order valence-corrected chi connectivity index (χ4v) is 5.13. The van der Waals surface area contributed by atoms with Crippen LogP contribution in [0.4, 0.5) is 0 Å². The number of sulfonamides is 1. The number of rotatable bonds is 27. The number of nitrogens with one attached hydrogen (secondary N) is 5. The van der Waals surface area contributed by atoms with Crippen molar-refractivity contribution >= 4 is 61.6 Å². The predicted molar refractivity (Wildman–Crippen MR) is 163 cm³/mol. The first kappa shape index (κ1) is 44.1. The third kappa shape index (κ3) is 24.3. The molecule has 0 fully saturated rings. The van der Waals surface area contributed by atoms with E-state index in [9.17, 15) is 60.6 Å². The number of hydrogen-bond acceptors (Lipinski definition) is 13. The highest BCUT2D eigenvalue weighted by atomic mass is 32.2. The summed E-state index contributed by atoms with van der Waals surface area (Å²) in [5, 5.41) is 27.7. The minimum absolute atomic E-state index is 0.00147. The van der Waals surface area contributed by atoms with Gasteiger partial charge in [0.2, 0.25) is 39.6 Å². The standard InChI is InChI=1S/C25H43N5O16S2/c1-26-19(31)8-6-17(24(36)37)28-21(33)9-7-18(25(38)39)29-23(35)16-46-13-12-45-11-10-27-20(32)4-2-14-47(40,41)30-22(34)5-3-15-48(42,43)44/h17-18H,2-16H2,1H3,(H,26,31)(H,27,32)(H,28,33)(H,29,35)(H,30,34)(H,36,37)(H,38,39)(H,42,43,44)/t17-,18+/m1/s1. The first-order valence-corrected chi connectivity index (χ1v) is 17.8. The van der Waals surface area contributed by atoms with Crippen molar-refractivity contribution in [2.75, 3.05) is 51.5 Å². The summed E-state index contributed by atoms with van der Waals surface area (Å²) in [7, 11) is -6.95.